The van der Waals surface area contributed by atoms with Crippen LogP contribution in [0.2, 0.25) is 0 Å². The number of benzene rings is 1. The summed E-state index contributed by atoms with van der Waals surface area (Å²) < 4.78 is 41.5. The Morgan fingerprint density at radius 1 is 1.09 bits per heavy atom. The highest BCUT2D eigenvalue weighted by molar-refractivity contribution is 7.17. The van der Waals surface area contributed by atoms with Gasteiger partial charge >= 0.3 is 6.18 Å². The fourth-order valence-electron chi connectivity index (χ4n) is 3.16. The minimum atomic E-state index is -4.56. The molecule has 1 aromatic carbocycles. The van der Waals surface area contributed by atoms with E-state index in [0.29, 0.717) is 27.9 Å². The lowest BCUT2D eigenvalue weighted by atomic mass is 10.1. The zero-order valence-electron chi connectivity index (χ0n) is 17.2. The molecule has 0 saturated carbocycles. The standard InChI is InChI=1S/C21H17F3N6OS/c1-11-9-12(2)30(29-11)16-6-5-14(21(22,23)24)10-15(16)28-19(31)17-13(3)27-20(32-17)18-25-7-4-8-26-18/h4-10H,1-3H3,(H,28,31). The highest BCUT2D eigenvalue weighted by atomic mass is 32.1. The second-order valence-electron chi connectivity index (χ2n) is 7.03. The van der Waals surface area contributed by atoms with Crippen molar-refractivity contribution in [2.75, 3.05) is 5.32 Å². The Kier molecular flexibility index (Phi) is 5.51. The predicted octanol–water partition coefficient (Wildman–Crippen LogP) is 4.98. The van der Waals surface area contributed by atoms with Crippen molar-refractivity contribution in [2.24, 2.45) is 0 Å². The van der Waals surface area contributed by atoms with E-state index in [0.717, 1.165) is 29.2 Å². The minimum Gasteiger partial charge on any atom is -0.319 e. The molecule has 4 aromatic rings. The van der Waals surface area contributed by atoms with Gasteiger partial charge in [0.25, 0.3) is 5.91 Å². The van der Waals surface area contributed by atoms with Crippen LogP contribution in [0.25, 0.3) is 16.5 Å². The van der Waals surface area contributed by atoms with Gasteiger partial charge in [0.15, 0.2) is 10.8 Å². The number of carbonyl (C=O) groups is 1. The van der Waals surface area contributed by atoms with Gasteiger partial charge in [-0.3, -0.25) is 4.79 Å². The van der Waals surface area contributed by atoms with Crippen LogP contribution in [-0.2, 0) is 6.18 Å². The summed E-state index contributed by atoms with van der Waals surface area (Å²) in [5, 5.41) is 7.38. The van der Waals surface area contributed by atoms with Crippen LogP contribution in [-0.4, -0.2) is 30.6 Å². The topological polar surface area (TPSA) is 85.6 Å². The van der Waals surface area contributed by atoms with E-state index in [1.165, 1.54) is 10.7 Å². The number of halogens is 3. The largest absolute Gasteiger partial charge is 0.416 e. The summed E-state index contributed by atoms with van der Waals surface area (Å²) in [7, 11) is 0. The number of carbonyl (C=O) groups excluding carboxylic acids is 1. The van der Waals surface area contributed by atoms with Gasteiger partial charge < -0.3 is 5.32 Å². The molecule has 164 valence electrons. The molecule has 0 fully saturated rings. The van der Waals surface area contributed by atoms with E-state index in [4.69, 9.17) is 0 Å². The van der Waals surface area contributed by atoms with E-state index >= 15 is 0 Å². The van der Waals surface area contributed by atoms with Crippen molar-refractivity contribution >= 4 is 22.9 Å². The fraction of sp³-hybridized carbons (Fsp3) is 0.190. The average Bonchev–Trinajstić information content (AvgIpc) is 3.29. The van der Waals surface area contributed by atoms with Crippen LogP contribution in [0.15, 0.2) is 42.7 Å². The van der Waals surface area contributed by atoms with Gasteiger partial charge in [-0.05, 0) is 51.1 Å². The first-order valence-corrected chi connectivity index (χ1v) is 10.3. The molecule has 7 nitrogen and oxygen atoms in total. The van der Waals surface area contributed by atoms with Crippen molar-refractivity contribution in [3.05, 3.63) is 70.2 Å². The van der Waals surface area contributed by atoms with Crippen molar-refractivity contribution in [3.8, 4) is 16.5 Å². The van der Waals surface area contributed by atoms with Crippen molar-refractivity contribution in [1.29, 1.82) is 0 Å². The fourth-order valence-corrected chi connectivity index (χ4v) is 4.07. The molecule has 32 heavy (non-hydrogen) atoms. The molecule has 0 unspecified atom stereocenters. The van der Waals surface area contributed by atoms with E-state index in [9.17, 15) is 18.0 Å². The third-order valence-corrected chi connectivity index (χ3v) is 5.72. The van der Waals surface area contributed by atoms with Gasteiger partial charge in [0, 0.05) is 18.1 Å². The van der Waals surface area contributed by atoms with E-state index in [-0.39, 0.29) is 10.6 Å². The van der Waals surface area contributed by atoms with Crippen LogP contribution in [0.3, 0.4) is 0 Å². The molecule has 3 aromatic heterocycles. The summed E-state index contributed by atoms with van der Waals surface area (Å²) in [6.45, 7) is 5.20. The summed E-state index contributed by atoms with van der Waals surface area (Å²) in [6.07, 6.45) is -1.45. The smallest absolute Gasteiger partial charge is 0.319 e. The van der Waals surface area contributed by atoms with E-state index in [1.54, 1.807) is 45.3 Å². The average molecular weight is 458 g/mol. The van der Waals surface area contributed by atoms with E-state index in [2.05, 4.69) is 25.4 Å². The second kappa shape index (κ2) is 8.15. The maximum atomic E-state index is 13.3. The molecule has 1 N–H and O–H groups in total. The number of nitrogens with zero attached hydrogens (tertiary/aromatic N) is 5. The van der Waals surface area contributed by atoms with Crippen LogP contribution in [0.4, 0.5) is 18.9 Å². The monoisotopic (exact) mass is 458 g/mol. The molecule has 0 bridgehead atoms. The van der Waals surface area contributed by atoms with Gasteiger partial charge in [0.2, 0.25) is 0 Å². The summed E-state index contributed by atoms with van der Waals surface area (Å²) >= 11 is 1.07. The zero-order valence-corrected chi connectivity index (χ0v) is 18.0. The number of thiazole rings is 1. The first-order valence-electron chi connectivity index (χ1n) is 9.44. The van der Waals surface area contributed by atoms with Gasteiger partial charge in [0.1, 0.15) is 4.88 Å². The van der Waals surface area contributed by atoms with Gasteiger partial charge in [-0.2, -0.15) is 18.3 Å². The molecule has 11 heteroatoms. The number of aromatic nitrogens is 5. The molecule has 3 heterocycles. The first kappa shape index (κ1) is 21.6. The molecule has 0 aliphatic carbocycles. The molecule has 0 saturated heterocycles. The molecule has 0 spiro atoms. The Labute approximate surface area is 185 Å². The maximum Gasteiger partial charge on any atom is 0.416 e. The molecular formula is C21H17F3N6OS. The van der Waals surface area contributed by atoms with Crippen LogP contribution in [0.5, 0.6) is 0 Å². The van der Waals surface area contributed by atoms with Gasteiger partial charge in [-0.25, -0.2) is 19.6 Å². The van der Waals surface area contributed by atoms with Crippen molar-refractivity contribution in [1.82, 2.24) is 24.7 Å². The Morgan fingerprint density at radius 2 is 1.81 bits per heavy atom. The third kappa shape index (κ3) is 4.24. The van der Waals surface area contributed by atoms with E-state index in [1.807, 2.05) is 0 Å². The quantitative estimate of drug-likeness (QED) is 0.466. The van der Waals surface area contributed by atoms with Crippen LogP contribution in [0.1, 0.15) is 32.3 Å². The summed E-state index contributed by atoms with van der Waals surface area (Å²) in [5.74, 6) is -0.216. The first-order chi connectivity index (χ1) is 15.1. The number of hydrogen-bond donors (Lipinski definition) is 1. The summed E-state index contributed by atoms with van der Waals surface area (Å²) in [6, 6.07) is 6.61. The lowest BCUT2D eigenvalue weighted by Crippen LogP contribution is -2.16. The summed E-state index contributed by atoms with van der Waals surface area (Å²) in [5.41, 5.74) is 1.28. The Hall–Kier alpha value is -3.60. The molecule has 0 atom stereocenters. The number of alkyl halides is 3. The van der Waals surface area contributed by atoms with Crippen molar-refractivity contribution in [3.63, 3.8) is 0 Å². The third-order valence-electron chi connectivity index (χ3n) is 4.57. The number of anilines is 1. The maximum absolute atomic E-state index is 13.3. The highest BCUT2D eigenvalue weighted by Gasteiger charge is 2.32. The summed E-state index contributed by atoms with van der Waals surface area (Å²) in [4.78, 5) is 25.8. The predicted molar refractivity (Wildman–Crippen MR) is 114 cm³/mol. The number of hydrogen-bond acceptors (Lipinski definition) is 6. The Bertz CT molecular complexity index is 1300. The molecule has 0 aliphatic heterocycles. The number of rotatable bonds is 4. The van der Waals surface area contributed by atoms with E-state index < -0.39 is 17.6 Å². The van der Waals surface area contributed by atoms with Crippen LogP contribution in [0, 0.1) is 20.8 Å². The van der Waals surface area contributed by atoms with Crippen LogP contribution >= 0.6 is 11.3 Å². The molecular weight excluding hydrogens is 441 g/mol. The highest BCUT2D eigenvalue weighted by Crippen LogP contribution is 2.34. The van der Waals surface area contributed by atoms with Gasteiger partial charge in [0.05, 0.1) is 28.3 Å². The SMILES string of the molecule is Cc1cc(C)n(-c2ccc(C(F)(F)F)cc2NC(=O)c2sc(-c3ncccn3)nc2C)n1. The van der Waals surface area contributed by atoms with Gasteiger partial charge in [-0.1, -0.05) is 0 Å². The lowest BCUT2D eigenvalue weighted by molar-refractivity contribution is -0.137. The molecule has 4 rings (SSSR count). The number of aryl methyl sites for hydroxylation is 3. The molecule has 0 radical (unpaired) electrons. The molecule has 0 aliphatic rings. The van der Waals surface area contributed by atoms with Crippen LogP contribution < -0.4 is 5.32 Å². The molecule has 1 amide bonds. The lowest BCUT2D eigenvalue weighted by Gasteiger charge is -2.15. The minimum absolute atomic E-state index is 0.0127. The van der Waals surface area contributed by atoms with Crippen molar-refractivity contribution < 1.29 is 18.0 Å². The van der Waals surface area contributed by atoms with Crippen molar-refractivity contribution in [2.45, 2.75) is 26.9 Å². The number of nitrogens with one attached hydrogen (secondary N) is 1. The zero-order chi connectivity index (χ0) is 23.0. The Morgan fingerprint density at radius 3 is 2.44 bits per heavy atom. The normalized spacial score (nSPS) is 11.6. The van der Waals surface area contributed by atoms with Gasteiger partial charge in [-0.15, -0.1) is 11.3 Å². The number of amides is 1. The Balaban J connectivity index is 1.74. The second-order valence-corrected chi connectivity index (χ2v) is 8.03.